The van der Waals surface area contributed by atoms with Crippen LogP contribution in [0.4, 0.5) is 5.69 Å². The maximum atomic E-state index is 13.0. The van der Waals surface area contributed by atoms with Gasteiger partial charge in [0.05, 0.1) is 12.2 Å². The van der Waals surface area contributed by atoms with Gasteiger partial charge in [0.2, 0.25) is 0 Å². The van der Waals surface area contributed by atoms with E-state index >= 15 is 0 Å². The normalized spacial score (nSPS) is 20.1. The van der Waals surface area contributed by atoms with Crippen molar-refractivity contribution in [2.24, 2.45) is 0 Å². The first kappa shape index (κ1) is 18.2. The fourth-order valence-electron chi connectivity index (χ4n) is 3.80. The fourth-order valence-corrected chi connectivity index (χ4v) is 5.02. The van der Waals surface area contributed by atoms with Crippen LogP contribution < -0.4 is 9.64 Å². The molecule has 142 valence electrons. The van der Waals surface area contributed by atoms with Crippen molar-refractivity contribution in [3.8, 4) is 5.75 Å². The lowest BCUT2D eigenvalue weighted by Gasteiger charge is -2.38. The Morgan fingerprint density at radius 3 is 2.56 bits per heavy atom. The van der Waals surface area contributed by atoms with E-state index in [2.05, 4.69) is 36.1 Å². The van der Waals surface area contributed by atoms with Crippen molar-refractivity contribution in [2.45, 2.75) is 36.0 Å². The minimum Gasteiger partial charge on any atom is -0.477 e. The molecule has 0 aliphatic carbocycles. The highest BCUT2D eigenvalue weighted by atomic mass is 32.2. The van der Waals surface area contributed by atoms with E-state index in [9.17, 15) is 4.79 Å². The number of ether oxygens (including phenoxy) is 1. The molecule has 0 aromatic heterocycles. The summed E-state index contributed by atoms with van der Waals surface area (Å²) >= 11 is 1.95. The Labute approximate surface area is 165 Å². The quantitative estimate of drug-likeness (QED) is 0.804. The Morgan fingerprint density at radius 2 is 1.78 bits per heavy atom. The molecular weight excluding hydrogens is 356 g/mol. The number of para-hydroxylation sites is 2. The second kappa shape index (κ2) is 7.85. The summed E-state index contributed by atoms with van der Waals surface area (Å²) in [7, 11) is 2.02. The van der Waals surface area contributed by atoms with Gasteiger partial charge in [-0.2, -0.15) is 0 Å². The summed E-state index contributed by atoms with van der Waals surface area (Å²) in [5.41, 5.74) is 2.38. The van der Waals surface area contributed by atoms with E-state index in [-0.39, 0.29) is 5.91 Å². The van der Waals surface area contributed by atoms with Gasteiger partial charge in [-0.05, 0) is 43.5 Å². The molecule has 27 heavy (non-hydrogen) atoms. The number of rotatable bonds is 3. The van der Waals surface area contributed by atoms with Crippen molar-refractivity contribution in [2.75, 3.05) is 31.6 Å². The third-order valence-electron chi connectivity index (χ3n) is 5.40. The van der Waals surface area contributed by atoms with Crippen LogP contribution >= 0.6 is 11.8 Å². The summed E-state index contributed by atoms with van der Waals surface area (Å²) in [6, 6.07) is 16.5. The van der Waals surface area contributed by atoms with Crippen LogP contribution in [0, 0.1) is 6.92 Å². The second-order valence-electron chi connectivity index (χ2n) is 7.36. The van der Waals surface area contributed by atoms with Crippen molar-refractivity contribution >= 4 is 23.4 Å². The van der Waals surface area contributed by atoms with Gasteiger partial charge in [-0.15, -0.1) is 11.8 Å². The lowest BCUT2D eigenvalue weighted by Crippen LogP contribution is -2.51. The van der Waals surface area contributed by atoms with Crippen LogP contribution in [0.2, 0.25) is 0 Å². The topological polar surface area (TPSA) is 32.8 Å². The van der Waals surface area contributed by atoms with Crippen LogP contribution in [0.3, 0.4) is 0 Å². The number of piperidine rings is 1. The molecule has 2 aromatic carbocycles. The van der Waals surface area contributed by atoms with Crippen LogP contribution in [0.5, 0.6) is 5.75 Å². The molecule has 0 unspecified atom stereocenters. The summed E-state index contributed by atoms with van der Waals surface area (Å²) in [6.07, 6.45) is 1.65. The number of benzene rings is 2. The molecule has 5 heteroatoms. The molecule has 0 N–H and O–H groups in total. The minimum absolute atomic E-state index is 0.121. The molecule has 0 spiro atoms. The number of nitrogens with zero attached hydrogens (tertiary/aromatic N) is 2. The maximum absolute atomic E-state index is 13.0. The van der Waals surface area contributed by atoms with Crippen molar-refractivity contribution < 1.29 is 9.53 Å². The van der Waals surface area contributed by atoms with E-state index in [4.69, 9.17) is 4.74 Å². The average Bonchev–Trinajstić information content (AvgIpc) is 2.70. The Hall–Kier alpha value is -2.14. The Kier molecular flexibility index (Phi) is 5.30. The van der Waals surface area contributed by atoms with Crippen molar-refractivity contribution in [1.29, 1.82) is 0 Å². The van der Waals surface area contributed by atoms with Gasteiger partial charge in [-0.25, -0.2) is 0 Å². The molecule has 0 bridgehead atoms. The largest absolute Gasteiger partial charge is 0.477 e. The summed E-state index contributed by atoms with van der Waals surface area (Å²) in [5, 5.41) is 0.575. The highest BCUT2D eigenvalue weighted by Gasteiger charge is 2.34. The molecule has 0 saturated carbocycles. The standard InChI is InChI=1S/C22H26N2O2S/c1-16-7-3-6-10-21(16)27-17-11-13-24(14-12-17)22(25)20-15-23(2)18-8-4-5-9-19(18)26-20/h3-10,17,20H,11-15H2,1-2H3/t20-/m0/s1. The number of aryl methyl sites for hydroxylation is 1. The van der Waals surface area contributed by atoms with E-state index in [1.165, 1.54) is 10.5 Å². The van der Waals surface area contributed by atoms with E-state index in [1.54, 1.807) is 0 Å². The van der Waals surface area contributed by atoms with Crippen LogP contribution in [0.15, 0.2) is 53.4 Å². The molecule has 1 atom stereocenters. The first-order valence-corrected chi connectivity index (χ1v) is 10.5. The number of anilines is 1. The molecule has 0 radical (unpaired) electrons. The minimum atomic E-state index is -0.412. The highest BCUT2D eigenvalue weighted by molar-refractivity contribution is 8.00. The Bertz CT molecular complexity index is 817. The number of likely N-dealkylation sites (N-methyl/N-ethyl adjacent to an activating group) is 1. The van der Waals surface area contributed by atoms with Gasteiger partial charge in [-0.1, -0.05) is 30.3 Å². The van der Waals surface area contributed by atoms with Crippen molar-refractivity contribution in [3.63, 3.8) is 0 Å². The molecule has 2 aromatic rings. The van der Waals surface area contributed by atoms with E-state index in [0.717, 1.165) is 37.4 Å². The number of carbonyl (C=O) groups excluding carboxylic acids is 1. The van der Waals surface area contributed by atoms with Crippen molar-refractivity contribution in [1.82, 2.24) is 4.90 Å². The molecule has 4 rings (SSSR count). The number of amides is 1. The van der Waals surface area contributed by atoms with Gasteiger partial charge in [0.1, 0.15) is 5.75 Å². The van der Waals surface area contributed by atoms with E-state index in [0.29, 0.717) is 11.8 Å². The summed E-state index contributed by atoms with van der Waals surface area (Å²) in [6.45, 7) is 4.39. The summed E-state index contributed by atoms with van der Waals surface area (Å²) in [5.74, 6) is 0.922. The lowest BCUT2D eigenvalue weighted by atomic mass is 10.1. The van der Waals surface area contributed by atoms with Gasteiger partial charge in [0.15, 0.2) is 6.10 Å². The lowest BCUT2D eigenvalue weighted by molar-refractivity contribution is -0.139. The van der Waals surface area contributed by atoms with Crippen LogP contribution in [-0.2, 0) is 4.79 Å². The van der Waals surface area contributed by atoms with Crippen LogP contribution in [0.25, 0.3) is 0 Å². The third kappa shape index (κ3) is 3.93. The number of hydrogen-bond acceptors (Lipinski definition) is 4. The molecule has 2 aliphatic rings. The smallest absolute Gasteiger partial charge is 0.265 e. The summed E-state index contributed by atoms with van der Waals surface area (Å²) in [4.78, 5) is 18.5. The predicted octanol–water partition coefficient (Wildman–Crippen LogP) is 3.98. The van der Waals surface area contributed by atoms with Crippen LogP contribution in [-0.4, -0.2) is 48.8 Å². The zero-order valence-electron chi connectivity index (χ0n) is 15.9. The van der Waals surface area contributed by atoms with Gasteiger partial charge >= 0.3 is 0 Å². The second-order valence-corrected chi connectivity index (χ2v) is 8.70. The average molecular weight is 383 g/mol. The summed E-state index contributed by atoms with van der Waals surface area (Å²) < 4.78 is 6.02. The zero-order chi connectivity index (χ0) is 18.8. The third-order valence-corrected chi connectivity index (χ3v) is 6.92. The number of fused-ring (bicyclic) bond motifs is 1. The first-order chi connectivity index (χ1) is 13.1. The Balaban J connectivity index is 1.35. The molecule has 4 nitrogen and oxygen atoms in total. The number of carbonyl (C=O) groups is 1. The van der Waals surface area contributed by atoms with E-state index < -0.39 is 6.10 Å². The first-order valence-electron chi connectivity index (χ1n) is 9.60. The molecule has 2 heterocycles. The van der Waals surface area contributed by atoms with Crippen LogP contribution in [0.1, 0.15) is 18.4 Å². The van der Waals surface area contributed by atoms with Gasteiger partial charge < -0.3 is 14.5 Å². The monoisotopic (exact) mass is 382 g/mol. The maximum Gasteiger partial charge on any atom is 0.265 e. The number of thioether (sulfide) groups is 1. The SMILES string of the molecule is Cc1ccccc1SC1CCN(C(=O)[C@@H]2CN(C)c3ccccc3O2)CC1. The van der Waals surface area contributed by atoms with Crippen molar-refractivity contribution in [3.05, 3.63) is 54.1 Å². The fraction of sp³-hybridized carbons (Fsp3) is 0.409. The zero-order valence-corrected chi connectivity index (χ0v) is 16.7. The molecular formula is C22H26N2O2S. The molecule has 2 aliphatic heterocycles. The van der Waals surface area contributed by atoms with Gasteiger partial charge in [0.25, 0.3) is 5.91 Å². The highest BCUT2D eigenvalue weighted by Crippen LogP contribution is 2.34. The number of likely N-dealkylation sites (tertiary alicyclic amines) is 1. The number of hydrogen-bond donors (Lipinski definition) is 0. The van der Waals surface area contributed by atoms with Gasteiger partial charge in [-0.3, -0.25) is 4.79 Å². The van der Waals surface area contributed by atoms with Gasteiger partial charge in [0, 0.05) is 30.3 Å². The molecule has 1 saturated heterocycles. The molecule has 1 fully saturated rings. The molecule has 1 amide bonds. The predicted molar refractivity (Wildman–Crippen MR) is 111 cm³/mol. The Morgan fingerprint density at radius 1 is 1.07 bits per heavy atom. The van der Waals surface area contributed by atoms with E-state index in [1.807, 2.05) is 48.0 Å².